The minimum atomic E-state index is -1.31. The van der Waals surface area contributed by atoms with E-state index in [1.807, 2.05) is 0 Å². The first kappa shape index (κ1) is 25.6. The summed E-state index contributed by atoms with van der Waals surface area (Å²) in [5, 5.41) is 18.5. The average Bonchev–Trinajstić information content (AvgIpc) is 3.20. The maximum absolute atomic E-state index is 13.6. The van der Waals surface area contributed by atoms with Gasteiger partial charge in [0.05, 0.1) is 4.88 Å². The maximum Gasteiger partial charge on any atom is 0.349 e. The van der Waals surface area contributed by atoms with E-state index >= 15 is 0 Å². The van der Waals surface area contributed by atoms with Crippen molar-refractivity contribution >= 4 is 46.5 Å². The van der Waals surface area contributed by atoms with Crippen LogP contribution in [0, 0.1) is 5.82 Å². The fourth-order valence-electron chi connectivity index (χ4n) is 3.95. The molecule has 1 saturated heterocycles. The van der Waals surface area contributed by atoms with Crippen LogP contribution in [0.2, 0.25) is 5.02 Å². The quantitative estimate of drug-likeness (QED) is 0.409. The standard InChI is InChI=1S/C25H21ClFNO7S/c26-20-21(35-13-19(29)30)23(25(32)33)36-22(20)15-2-1-3-18(12-15)28(17-8-10-34-11-9-17)24(31)14-4-6-16(27)7-5-14/h1-7,12,17H,8-11,13H2,(H,29,30)(H,32,33). The van der Waals surface area contributed by atoms with E-state index in [0.717, 1.165) is 11.3 Å². The molecule has 1 amide bonds. The van der Waals surface area contributed by atoms with E-state index in [1.165, 1.54) is 24.3 Å². The third-order valence-corrected chi connectivity index (χ3v) is 7.28. The number of carbonyl (C=O) groups excluding carboxylic acids is 1. The molecule has 0 bridgehead atoms. The predicted octanol–water partition coefficient (Wildman–Crippen LogP) is 5.20. The number of aromatic carboxylic acids is 1. The SMILES string of the molecule is O=C(O)COc1c(C(=O)O)sc(-c2cccc(N(C(=O)c3ccc(F)cc3)C3CCOCC3)c2)c1Cl. The Kier molecular flexibility index (Phi) is 7.88. The summed E-state index contributed by atoms with van der Waals surface area (Å²) in [5.41, 5.74) is 1.39. The Hall–Kier alpha value is -3.47. The molecule has 2 N–H and O–H groups in total. The molecule has 0 radical (unpaired) electrons. The molecule has 1 aromatic heterocycles. The van der Waals surface area contributed by atoms with Gasteiger partial charge in [0, 0.05) is 30.5 Å². The molecule has 1 aliphatic heterocycles. The second-order valence-corrected chi connectivity index (χ2v) is 9.37. The van der Waals surface area contributed by atoms with Gasteiger partial charge in [-0.3, -0.25) is 4.79 Å². The fourth-order valence-corrected chi connectivity index (χ4v) is 5.35. The number of rotatable bonds is 8. The van der Waals surface area contributed by atoms with Gasteiger partial charge in [0.15, 0.2) is 17.2 Å². The number of hydrogen-bond donors (Lipinski definition) is 2. The number of aliphatic carboxylic acids is 1. The first-order chi connectivity index (χ1) is 17.3. The van der Waals surface area contributed by atoms with Crippen LogP contribution in [0.4, 0.5) is 10.1 Å². The highest BCUT2D eigenvalue weighted by atomic mass is 35.5. The zero-order valence-corrected chi connectivity index (χ0v) is 20.4. The number of halogens is 2. The van der Waals surface area contributed by atoms with Gasteiger partial charge in [0.1, 0.15) is 10.8 Å². The summed E-state index contributed by atoms with van der Waals surface area (Å²) in [5.74, 6) is -3.56. The van der Waals surface area contributed by atoms with Crippen LogP contribution >= 0.6 is 22.9 Å². The van der Waals surface area contributed by atoms with E-state index < -0.39 is 24.4 Å². The Balaban J connectivity index is 1.76. The molecule has 1 fully saturated rings. The van der Waals surface area contributed by atoms with Crippen molar-refractivity contribution in [3.63, 3.8) is 0 Å². The van der Waals surface area contributed by atoms with Gasteiger partial charge < -0.3 is 24.6 Å². The van der Waals surface area contributed by atoms with Crippen molar-refractivity contribution in [2.45, 2.75) is 18.9 Å². The number of carboxylic acid groups (broad SMARTS) is 2. The number of carbonyl (C=O) groups is 3. The van der Waals surface area contributed by atoms with Gasteiger partial charge >= 0.3 is 11.9 Å². The van der Waals surface area contributed by atoms with Gasteiger partial charge in [0.25, 0.3) is 5.91 Å². The number of benzene rings is 2. The van der Waals surface area contributed by atoms with E-state index in [2.05, 4.69) is 0 Å². The topological polar surface area (TPSA) is 113 Å². The summed E-state index contributed by atoms with van der Waals surface area (Å²) in [6.45, 7) is 0.223. The van der Waals surface area contributed by atoms with Crippen molar-refractivity contribution in [1.29, 1.82) is 0 Å². The van der Waals surface area contributed by atoms with Gasteiger partial charge in [-0.2, -0.15) is 0 Å². The van der Waals surface area contributed by atoms with Crippen LogP contribution in [0.5, 0.6) is 5.75 Å². The van der Waals surface area contributed by atoms with Crippen LogP contribution in [0.3, 0.4) is 0 Å². The largest absolute Gasteiger partial charge is 0.479 e. The summed E-state index contributed by atoms with van der Waals surface area (Å²) in [7, 11) is 0. The lowest BCUT2D eigenvalue weighted by molar-refractivity contribution is -0.139. The second kappa shape index (κ2) is 11.1. The summed E-state index contributed by atoms with van der Waals surface area (Å²) in [6.07, 6.45) is 1.21. The Morgan fingerprint density at radius 1 is 1.11 bits per heavy atom. The van der Waals surface area contributed by atoms with Gasteiger partial charge in [-0.05, 0) is 54.8 Å². The van der Waals surface area contributed by atoms with Gasteiger partial charge in [-0.1, -0.05) is 23.7 Å². The van der Waals surface area contributed by atoms with Gasteiger partial charge in [-0.25, -0.2) is 14.0 Å². The molecule has 0 saturated carbocycles. The van der Waals surface area contributed by atoms with Crippen molar-refractivity contribution in [3.8, 4) is 16.2 Å². The van der Waals surface area contributed by atoms with E-state index in [4.69, 9.17) is 26.2 Å². The normalized spacial score (nSPS) is 13.8. The monoisotopic (exact) mass is 533 g/mol. The zero-order valence-electron chi connectivity index (χ0n) is 18.8. The fraction of sp³-hybridized carbons (Fsp3) is 0.240. The molecule has 36 heavy (non-hydrogen) atoms. The van der Waals surface area contributed by atoms with E-state index in [1.54, 1.807) is 29.2 Å². The summed E-state index contributed by atoms with van der Waals surface area (Å²) < 4.78 is 24.1. The lowest BCUT2D eigenvalue weighted by Crippen LogP contribution is -2.43. The van der Waals surface area contributed by atoms with Crippen molar-refractivity contribution in [3.05, 3.63) is 69.8 Å². The van der Waals surface area contributed by atoms with Crippen LogP contribution in [0.15, 0.2) is 48.5 Å². The molecule has 1 aliphatic rings. The average molecular weight is 534 g/mol. The summed E-state index contributed by atoms with van der Waals surface area (Å²) >= 11 is 7.29. The second-order valence-electron chi connectivity index (χ2n) is 7.97. The van der Waals surface area contributed by atoms with Crippen molar-refractivity contribution in [2.75, 3.05) is 24.7 Å². The summed E-state index contributed by atoms with van der Waals surface area (Å²) in [4.78, 5) is 38.0. The minimum absolute atomic E-state index is 0.0294. The lowest BCUT2D eigenvalue weighted by Gasteiger charge is -2.34. The highest BCUT2D eigenvalue weighted by molar-refractivity contribution is 7.18. The number of carboxylic acids is 2. The molecule has 11 heteroatoms. The smallest absolute Gasteiger partial charge is 0.349 e. The molecule has 3 aromatic rings. The molecule has 188 valence electrons. The van der Waals surface area contributed by atoms with E-state index in [-0.39, 0.29) is 27.6 Å². The number of thiophene rings is 1. The Labute approximate surface area is 214 Å². The highest BCUT2D eigenvalue weighted by Crippen LogP contribution is 2.46. The number of anilines is 1. The van der Waals surface area contributed by atoms with Crippen molar-refractivity contribution in [2.24, 2.45) is 0 Å². The van der Waals surface area contributed by atoms with Crippen LogP contribution < -0.4 is 9.64 Å². The van der Waals surface area contributed by atoms with Gasteiger partial charge in [-0.15, -0.1) is 11.3 Å². The van der Waals surface area contributed by atoms with Crippen molar-refractivity contribution < 1.29 is 38.5 Å². The molecule has 4 rings (SSSR count). The number of ether oxygens (including phenoxy) is 2. The molecular formula is C25H21ClFNO7S. The first-order valence-corrected chi connectivity index (χ1v) is 12.1. The Morgan fingerprint density at radius 3 is 2.44 bits per heavy atom. The third-order valence-electron chi connectivity index (χ3n) is 5.60. The predicted molar refractivity (Wildman–Crippen MR) is 132 cm³/mol. The van der Waals surface area contributed by atoms with Crippen LogP contribution in [-0.2, 0) is 9.53 Å². The molecule has 8 nitrogen and oxygen atoms in total. The molecule has 0 unspecified atom stereocenters. The Bertz CT molecular complexity index is 1290. The van der Waals surface area contributed by atoms with Crippen LogP contribution in [0.1, 0.15) is 32.9 Å². The number of amides is 1. The van der Waals surface area contributed by atoms with Crippen LogP contribution in [-0.4, -0.2) is 53.9 Å². The summed E-state index contributed by atoms with van der Waals surface area (Å²) in [6, 6.07) is 12.0. The molecule has 0 atom stereocenters. The molecule has 2 heterocycles. The minimum Gasteiger partial charge on any atom is -0.479 e. The molecular weight excluding hydrogens is 513 g/mol. The first-order valence-electron chi connectivity index (χ1n) is 10.9. The van der Waals surface area contributed by atoms with Crippen molar-refractivity contribution in [1.82, 2.24) is 0 Å². The van der Waals surface area contributed by atoms with Crippen LogP contribution in [0.25, 0.3) is 10.4 Å². The lowest BCUT2D eigenvalue weighted by atomic mass is 10.0. The maximum atomic E-state index is 13.6. The molecule has 0 aliphatic carbocycles. The third kappa shape index (κ3) is 5.51. The molecule has 2 aromatic carbocycles. The van der Waals surface area contributed by atoms with E-state index in [0.29, 0.717) is 47.7 Å². The highest BCUT2D eigenvalue weighted by Gasteiger charge is 2.30. The Morgan fingerprint density at radius 2 is 1.81 bits per heavy atom. The zero-order chi connectivity index (χ0) is 25.8. The number of hydrogen-bond acceptors (Lipinski definition) is 6. The van der Waals surface area contributed by atoms with Gasteiger partial charge in [0.2, 0.25) is 0 Å². The number of nitrogens with zero attached hydrogens (tertiary/aromatic N) is 1. The molecule has 0 spiro atoms. The van der Waals surface area contributed by atoms with E-state index in [9.17, 15) is 23.9 Å².